The Balaban J connectivity index is 2.64. The van der Waals surface area contributed by atoms with Crippen molar-refractivity contribution >= 4 is 0 Å². The highest BCUT2D eigenvalue weighted by Crippen LogP contribution is 2.17. The maximum absolute atomic E-state index is 13.3. The van der Waals surface area contributed by atoms with E-state index in [1.807, 2.05) is 0 Å². The molecule has 15 heavy (non-hydrogen) atoms. The second-order valence-electron chi connectivity index (χ2n) is 3.33. The lowest BCUT2D eigenvalue weighted by Crippen LogP contribution is -2.23. The van der Waals surface area contributed by atoms with Gasteiger partial charge in [-0.1, -0.05) is 0 Å². The molecule has 0 saturated carbocycles. The van der Waals surface area contributed by atoms with Gasteiger partial charge in [0, 0.05) is 25.3 Å². The van der Waals surface area contributed by atoms with E-state index in [9.17, 15) is 8.78 Å². The molecule has 84 valence electrons. The predicted octanol–water partition coefficient (Wildman–Crippen LogP) is 2.26. The highest BCUT2D eigenvalue weighted by atomic mass is 19.1. The molecule has 0 heterocycles. The van der Waals surface area contributed by atoms with Gasteiger partial charge in [-0.15, -0.1) is 0 Å². The first-order chi connectivity index (χ1) is 7.15. The van der Waals surface area contributed by atoms with E-state index in [4.69, 9.17) is 4.74 Å². The van der Waals surface area contributed by atoms with Crippen LogP contribution in [0.25, 0.3) is 0 Å². The van der Waals surface area contributed by atoms with Gasteiger partial charge in [-0.25, -0.2) is 8.78 Å². The molecule has 0 aliphatic heterocycles. The van der Waals surface area contributed by atoms with Crippen LogP contribution in [0.15, 0.2) is 18.2 Å². The van der Waals surface area contributed by atoms with Crippen LogP contribution in [-0.4, -0.2) is 20.3 Å². The minimum atomic E-state index is -0.424. The van der Waals surface area contributed by atoms with Gasteiger partial charge in [0.05, 0.1) is 6.61 Å². The Morgan fingerprint density at radius 3 is 2.80 bits per heavy atom. The summed E-state index contributed by atoms with van der Waals surface area (Å²) in [5, 5.41) is 3.04. The third-order valence-corrected chi connectivity index (χ3v) is 2.18. The molecule has 1 N–H and O–H groups in total. The highest BCUT2D eigenvalue weighted by Gasteiger charge is 2.10. The maximum atomic E-state index is 13.3. The third kappa shape index (κ3) is 3.57. The molecule has 4 heteroatoms. The van der Waals surface area contributed by atoms with Gasteiger partial charge < -0.3 is 10.1 Å². The van der Waals surface area contributed by atoms with Crippen LogP contribution in [0.4, 0.5) is 8.78 Å². The Hall–Kier alpha value is -1.00. The molecule has 0 bridgehead atoms. The minimum absolute atomic E-state index is 0.226. The summed E-state index contributed by atoms with van der Waals surface area (Å²) in [6, 6.07) is 3.23. The Morgan fingerprint density at radius 2 is 2.13 bits per heavy atom. The van der Waals surface area contributed by atoms with Crippen molar-refractivity contribution < 1.29 is 13.5 Å². The van der Waals surface area contributed by atoms with Crippen LogP contribution >= 0.6 is 0 Å². The summed E-state index contributed by atoms with van der Waals surface area (Å²) in [5.74, 6) is -0.819. The molecule has 1 atom stereocenters. The monoisotopic (exact) mass is 215 g/mol. The van der Waals surface area contributed by atoms with E-state index >= 15 is 0 Å². The van der Waals surface area contributed by atoms with Crippen LogP contribution in [0.3, 0.4) is 0 Å². The zero-order valence-corrected chi connectivity index (χ0v) is 8.89. The van der Waals surface area contributed by atoms with Gasteiger partial charge in [0.15, 0.2) is 0 Å². The number of nitrogens with one attached hydrogen (secondary N) is 1. The number of hydrogen-bond acceptors (Lipinski definition) is 2. The number of ether oxygens (including phenoxy) is 1. The van der Waals surface area contributed by atoms with E-state index in [0.29, 0.717) is 18.7 Å². The number of rotatable bonds is 5. The van der Waals surface area contributed by atoms with Crippen LogP contribution in [0, 0.1) is 11.6 Å². The Kier molecular flexibility index (Phi) is 4.65. The smallest absolute Gasteiger partial charge is 0.128 e. The lowest BCUT2D eigenvalue weighted by Gasteiger charge is -2.14. The summed E-state index contributed by atoms with van der Waals surface area (Å²) in [6.45, 7) is 2.93. The molecule has 0 radical (unpaired) electrons. The summed E-state index contributed by atoms with van der Waals surface area (Å²) in [5.41, 5.74) is 0.339. The third-order valence-electron chi connectivity index (χ3n) is 2.18. The lowest BCUT2D eigenvalue weighted by molar-refractivity contribution is 0.196. The van der Waals surface area contributed by atoms with Crippen LogP contribution < -0.4 is 5.32 Å². The van der Waals surface area contributed by atoms with E-state index < -0.39 is 11.6 Å². The van der Waals surface area contributed by atoms with Crippen molar-refractivity contribution in [3.8, 4) is 0 Å². The molecule has 0 amide bonds. The van der Waals surface area contributed by atoms with Crippen molar-refractivity contribution in [1.82, 2.24) is 5.32 Å². The van der Waals surface area contributed by atoms with Crippen molar-refractivity contribution in [3.63, 3.8) is 0 Å². The average Bonchev–Trinajstić information content (AvgIpc) is 2.22. The van der Waals surface area contributed by atoms with Crippen molar-refractivity contribution in [3.05, 3.63) is 35.4 Å². The first kappa shape index (κ1) is 12.1. The molecule has 0 aliphatic carbocycles. The Labute approximate surface area is 88.3 Å². The van der Waals surface area contributed by atoms with E-state index in [0.717, 1.165) is 12.1 Å². The summed E-state index contributed by atoms with van der Waals surface area (Å²) < 4.78 is 31.0. The molecule has 0 saturated heterocycles. The van der Waals surface area contributed by atoms with Gasteiger partial charge in [-0.3, -0.25) is 0 Å². The number of methoxy groups -OCH3 is 1. The number of hydrogen-bond donors (Lipinski definition) is 1. The molecular formula is C11H15F2NO. The van der Waals surface area contributed by atoms with Crippen LogP contribution in [0.1, 0.15) is 18.5 Å². The minimum Gasteiger partial charge on any atom is -0.383 e. The van der Waals surface area contributed by atoms with Gasteiger partial charge >= 0.3 is 0 Å². The predicted molar refractivity (Wildman–Crippen MR) is 54.7 cm³/mol. The maximum Gasteiger partial charge on any atom is 0.128 e. The molecule has 2 nitrogen and oxygen atoms in total. The van der Waals surface area contributed by atoms with Gasteiger partial charge in [0.2, 0.25) is 0 Å². The molecular weight excluding hydrogens is 200 g/mol. The summed E-state index contributed by atoms with van der Waals surface area (Å²) in [7, 11) is 1.59. The molecule has 1 aromatic carbocycles. The molecule has 1 rings (SSSR count). The quantitative estimate of drug-likeness (QED) is 0.761. The van der Waals surface area contributed by atoms with Gasteiger partial charge in [-0.05, 0) is 25.1 Å². The fraction of sp³-hybridized carbons (Fsp3) is 0.455. The SMILES string of the molecule is COCCNC(C)c1cc(F)ccc1F. The number of benzene rings is 1. The average molecular weight is 215 g/mol. The topological polar surface area (TPSA) is 21.3 Å². The summed E-state index contributed by atoms with van der Waals surface area (Å²) >= 11 is 0. The van der Waals surface area contributed by atoms with E-state index in [1.165, 1.54) is 6.07 Å². The zero-order chi connectivity index (χ0) is 11.3. The van der Waals surface area contributed by atoms with Crippen LogP contribution in [-0.2, 0) is 4.74 Å². The van der Waals surface area contributed by atoms with Crippen molar-refractivity contribution in [2.75, 3.05) is 20.3 Å². The Morgan fingerprint density at radius 1 is 1.40 bits per heavy atom. The van der Waals surface area contributed by atoms with Gasteiger partial charge in [-0.2, -0.15) is 0 Å². The molecule has 1 unspecified atom stereocenters. The molecule has 0 spiro atoms. The summed E-state index contributed by atoms with van der Waals surface area (Å²) in [6.07, 6.45) is 0. The van der Waals surface area contributed by atoms with Crippen LogP contribution in [0.2, 0.25) is 0 Å². The molecule has 0 fully saturated rings. The van der Waals surface area contributed by atoms with Crippen molar-refractivity contribution in [2.24, 2.45) is 0 Å². The lowest BCUT2D eigenvalue weighted by atomic mass is 10.1. The van der Waals surface area contributed by atoms with E-state index in [1.54, 1.807) is 14.0 Å². The largest absolute Gasteiger partial charge is 0.383 e. The molecule has 0 aromatic heterocycles. The fourth-order valence-corrected chi connectivity index (χ4v) is 1.33. The highest BCUT2D eigenvalue weighted by molar-refractivity contribution is 5.21. The van der Waals surface area contributed by atoms with E-state index in [-0.39, 0.29) is 6.04 Å². The van der Waals surface area contributed by atoms with Crippen LogP contribution in [0.5, 0.6) is 0 Å². The van der Waals surface area contributed by atoms with Gasteiger partial charge in [0.25, 0.3) is 0 Å². The van der Waals surface area contributed by atoms with Crippen molar-refractivity contribution in [2.45, 2.75) is 13.0 Å². The normalized spacial score (nSPS) is 12.8. The molecule has 1 aromatic rings. The zero-order valence-electron chi connectivity index (χ0n) is 8.89. The number of halogens is 2. The standard InChI is InChI=1S/C11H15F2NO/c1-8(14-5-6-15-2)10-7-9(12)3-4-11(10)13/h3-4,7-8,14H,5-6H2,1-2H3. The summed E-state index contributed by atoms with van der Waals surface area (Å²) in [4.78, 5) is 0. The first-order valence-electron chi connectivity index (χ1n) is 4.82. The van der Waals surface area contributed by atoms with E-state index in [2.05, 4.69) is 5.32 Å². The second kappa shape index (κ2) is 5.78. The van der Waals surface area contributed by atoms with Crippen molar-refractivity contribution in [1.29, 1.82) is 0 Å². The fourth-order valence-electron chi connectivity index (χ4n) is 1.33. The second-order valence-corrected chi connectivity index (χ2v) is 3.33. The Bertz CT molecular complexity index is 317. The first-order valence-corrected chi connectivity index (χ1v) is 4.82. The molecule has 0 aliphatic rings. The van der Waals surface area contributed by atoms with Gasteiger partial charge in [0.1, 0.15) is 11.6 Å².